The summed E-state index contributed by atoms with van der Waals surface area (Å²) < 4.78 is 9.90. The summed E-state index contributed by atoms with van der Waals surface area (Å²) >= 11 is 6.06. The van der Waals surface area contributed by atoms with Gasteiger partial charge in [-0.05, 0) is 24.6 Å². The summed E-state index contributed by atoms with van der Waals surface area (Å²) in [5.41, 5.74) is 0.923. The van der Waals surface area contributed by atoms with E-state index in [0.29, 0.717) is 11.6 Å². The summed E-state index contributed by atoms with van der Waals surface area (Å²) in [6.45, 7) is 1.49. The van der Waals surface area contributed by atoms with Crippen molar-refractivity contribution in [3.05, 3.63) is 23.2 Å². The number of rotatable bonds is 6. The smallest absolute Gasteiger partial charge is 0.306 e. The van der Waals surface area contributed by atoms with Gasteiger partial charge in [0.2, 0.25) is 5.91 Å². The lowest BCUT2D eigenvalue weighted by Crippen LogP contribution is -2.37. The first-order valence-electron chi connectivity index (χ1n) is 7.48. The van der Waals surface area contributed by atoms with Gasteiger partial charge in [0.1, 0.15) is 5.75 Å². The maximum Gasteiger partial charge on any atom is 0.306 e. The first kappa shape index (κ1) is 17.4. The molecule has 7 heteroatoms. The van der Waals surface area contributed by atoms with Crippen LogP contribution in [-0.2, 0) is 14.3 Å². The summed E-state index contributed by atoms with van der Waals surface area (Å²) in [4.78, 5) is 25.0. The van der Waals surface area contributed by atoms with Gasteiger partial charge in [-0.25, -0.2) is 0 Å². The molecule has 1 amide bonds. The Morgan fingerprint density at radius 3 is 2.83 bits per heavy atom. The van der Waals surface area contributed by atoms with Gasteiger partial charge in [0.25, 0.3) is 0 Å². The van der Waals surface area contributed by atoms with Crippen molar-refractivity contribution >= 4 is 29.2 Å². The van der Waals surface area contributed by atoms with Gasteiger partial charge in [-0.2, -0.15) is 0 Å². The largest absolute Gasteiger partial charge is 0.495 e. The molecule has 1 aromatic rings. The van der Waals surface area contributed by atoms with Crippen LogP contribution >= 0.6 is 11.6 Å². The average Bonchev–Trinajstić information content (AvgIpc) is 3.00. The monoisotopic (exact) mass is 340 g/mol. The molecule has 0 spiro atoms. The zero-order chi connectivity index (χ0) is 16.8. The van der Waals surface area contributed by atoms with E-state index in [1.807, 2.05) is 12.1 Å². The molecule has 0 aromatic heterocycles. The van der Waals surface area contributed by atoms with Crippen LogP contribution in [0.15, 0.2) is 18.2 Å². The number of nitrogens with zero attached hydrogens (tertiary/aromatic N) is 1. The molecule has 23 heavy (non-hydrogen) atoms. The number of hydrogen-bond donors (Lipinski definition) is 1. The Morgan fingerprint density at radius 1 is 1.35 bits per heavy atom. The fraction of sp³-hybridized carbons (Fsp3) is 0.500. The first-order valence-corrected chi connectivity index (χ1v) is 7.86. The lowest BCUT2D eigenvalue weighted by Gasteiger charge is -2.21. The molecule has 1 N–H and O–H groups in total. The predicted octanol–water partition coefficient (Wildman–Crippen LogP) is 2.00. The maximum absolute atomic E-state index is 11.9. The number of ether oxygens (including phenoxy) is 2. The van der Waals surface area contributed by atoms with Gasteiger partial charge in [0.15, 0.2) is 0 Å². The summed E-state index contributed by atoms with van der Waals surface area (Å²) in [7, 11) is 2.93. The Balaban J connectivity index is 1.90. The highest BCUT2D eigenvalue weighted by atomic mass is 35.5. The molecule has 126 valence electrons. The molecule has 0 saturated carbocycles. The quantitative estimate of drug-likeness (QED) is 0.802. The zero-order valence-corrected chi connectivity index (χ0v) is 14.1. The first-order chi connectivity index (χ1) is 11.0. The van der Waals surface area contributed by atoms with Crippen LogP contribution in [0.4, 0.5) is 5.69 Å². The normalized spacial score (nSPS) is 17.0. The zero-order valence-electron chi connectivity index (χ0n) is 13.3. The molecular weight excluding hydrogens is 320 g/mol. The molecule has 1 saturated heterocycles. The number of halogens is 1. The average molecular weight is 341 g/mol. The van der Waals surface area contributed by atoms with Crippen molar-refractivity contribution in [1.29, 1.82) is 0 Å². The molecular formula is C16H21ClN2O4. The van der Waals surface area contributed by atoms with Crippen molar-refractivity contribution in [3.8, 4) is 5.75 Å². The minimum Gasteiger partial charge on any atom is -0.495 e. The van der Waals surface area contributed by atoms with E-state index in [2.05, 4.69) is 15.0 Å². The molecule has 0 aliphatic carbocycles. The molecule has 1 aromatic carbocycles. The molecule has 1 aliphatic heterocycles. The minimum absolute atomic E-state index is 0.0452. The van der Waals surface area contributed by atoms with Crippen LogP contribution in [0.2, 0.25) is 5.02 Å². The van der Waals surface area contributed by atoms with Crippen LogP contribution < -0.4 is 15.0 Å². The highest BCUT2D eigenvalue weighted by molar-refractivity contribution is 6.30. The second-order valence-corrected chi connectivity index (χ2v) is 5.83. The van der Waals surface area contributed by atoms with Crippen LogP contribution in [0.5, 0.6) is 5.75 Å². The van der Waals surface area contributed by atoms with Crippen molar-refractivity contribution in [3.63, 3.8) is 0 Å². The van der Waals surface area contributed by atoms with E-state index in [9.17, 15) is 9.59 Å². The van der Waals surface area contributed by atoms with E-state index in [0.717, 1.165) is 24.4 Å². The second-order valence-electron chi connectivity index (χ2n) is 5.39. The van der Waals surface area contributed by atoms with E-state index in [1.165, 1.54) is 7.11 Å². The van der Waals surface area contributed by atoms with Crippen LogP contribution in [0.1, 0.15) is 19.3 Å². The third-order valence-corrected chi connectivity index (χ3v) is 4.05. The van der Waals surface area contributed by atoms with Gasteiger partial charge in [-0.1, -0.05) is 11.6 Å². The molecule has 0 bridgehead atoms. The Labute approximate surface area is 140 Å². The van der Waals surface area contributed by atoms with Gasteiger partial charge in [-0.15, -0.1) is 0 Å². The Bertz CT molecular complexity index is 579. The summed E-state index contributed by atoms with van der Waals surface area (Å²) in [6.07, 6.45) is 1.07. The molecule has 0 unspecified atom stereocenters. The number of amides is 1. The van der Waals surface area contributed by atoms with E-state index >= 15 is 0 Å². The van der Waals surface area contributed by atoms with Gasteiger partial charge in [0.05, 0.1) is 26.3 Å². The van der Waals surface area contributed by atoms with Crippen molar-refractivity contribution in [2.45, 2.75) is 25.3 Å². The van der Waals surface area contributed by atoms with Crippen LogP contribution in [0.3, 0.4) is 0 Å². The Kier molecular flexibility index (Phi) is 6.10. The van der Waals surface area contributed by atoms with Gasteiger partial charge < -0.3 is 19.7 Å². The fourth-order valence-electron chi connectivity index (χ4n) is 2.62. The third-order valence-electron chi connectivity index (χ3n) is 3.82. The topological polar surface area (TPSA) is 67.9 Å². The lowest BCUT2D eigenvalue weighted by atomic mass is 10.2. The van der Waals surface area contributed by atoms with Crippen LogP contribution in [0, 0.1) is 0 Å². The van der Waals surface area contributed by atoms with Gasteiger partial charge in [0, 0.05) is 30.6 Å². The van der Waals surface area contributed by atoms with Crippen molar-refractivity contribution in [2.75, 3.05) is 32.2 Å². The summed E-state index contributed by atoms with van der Waals surface area (Å²) in [6, 6.07) is 5.53. The number of hydrogen-bond acceptors (Lipinski definition) is 5. The van der Waals surface area contributed by atoms with E-state index in [1.54, 1.807) is 13.2 Å². The number of anilines is 1. The Hall–Kier alpha value is -1.95. The summed E-state index contributed by atoms with van der Waals surface area (Å²) in [5, 5.41) is 3.59. The fourth-order valence-corrected chi connectivity index (χ4v) is 2.79. The van der Waals surface area contributed by atoms with Crippen molar-refractivity contribution < 1.29 is 19.1 Å². The second kappa shape index (κ2) is 8.06. The SMILES string of the molecule is COC(=O)CCC(=O)N[C@@H]1CCN(c2cc(Cl)ccc2OC)C1. The van der Waals surface area contributed by atoms with Crippen LogP contribution in [0.25, 0.3) is 0 Å². The van der Waals surface area contributed by atoms with Crippen molar-refractivity contribution in [2.24, 2.45) is 0 Å². The number of methoxy groups -OCH3 is 2. The van der Waals surface area contributed by atoms with E-state index in [-0.39, 0.29) is 30.8 Å². The highest BCUT2D eigenvalue weighted by Crippen LogP contribution is 2.33. The number of carbonyl (C=O) groups excluding carboxylic acids is 2. The van der Waals surface area contributed by atoms with Gasteiger partial charge >= 0.3 is 5.97 Å². The molecule has 1 aliphatic rings. The van der Waals surface area contributed by atoms with E-state index < -0.39 is 0 Å². The highest BCUT2D eigenvalue weighted by Gasteiger charge is 2.26. The Morgan fingerprint density at radius 2 is 2.13 bits per heavy atom. The number of carbonyl (C=O) groups is 2. The number of benzene rings is 1. The number of nitrogens with one attached hydrogen (secondary N) is 1. The molecule has 0 radical (unpaired) electrons. The minimum atomic E-state index is -0.378. The molecule has 1 heterocycles. The molecule has 2 rings (SSSR count). The maximum atomic E-state index is 11.9. The van der Waals surface area contributed by atoms with Gasteiger partial charge in [-0.3, -0.25) is 9.59 Å². The third kappa shape index (κ3) is 4.76. The number of esters is 1. The van der Waals surface area contributed by atoms with Crippen molar-refractivity contribution in [1.82, 2.24) is 5.32 Å². The standard InChI is InChI=1S/C16H21ClN2O4/c1-22-14-4-3-11(17)9-13(14)19-8-7-12(10-19)18-15(20)5-6-16(21)23-2/h3-4,9,12H,5-8,10H2,1-2H3,(H,18,20)/t12-/m1/s1. The molecule has 1 fully saturated rings. The predicted molar refractivity (Wildman–Crippen MR) is 88.0 cm³/mol. The summed E-state index contributed by atoms with van der Waals surface area (Å²) in [5.74, 6) is 0.240. The lowest BCUT2D eigenvalue weighted by molar-refractivity contribution is -0.142. The van der Waals surface area contributed by atoms with E-state index in [4.69, 9.17) is 16.3 Å². The molecule has 1 atom stereocenters. The van der Waals surface area contributed by atoms with Crippen LogP contribution in [-0.4, -0.2) is 45.2 Å². The molecule has 6 nitrogen and oxygen atoms in total.